The highest BCUT2D eigenvalue weighted by atomic mass is 32.2. The van der Waals surface area contributed by atoms with Gasteiger partial charge in [-0.3, -0.25) is 4.79 Å². The van der Waals surface area contributed by atoms with Gasteiger partial charge in [-0.05, 0) is 30.1 Å². The number of carbonyl (C=O) groups is 1. The Kier molecular flexibility index (Phi) is 4.28. The first-order valence-corrected chi connectivity index (χ1v) is 9.36. The van der Waals surface area contributed by atoms with Gasteiger partial charge in [-0.25, -0.2) is 13.1 Å². The third-order valence-electron chi connectivity index (χ3n) is 5.86. The summed E-state index contributed by atoms with van der Waals surface area (Å²) in [5.74, 6) is 0.249. The fourth-order valence-corrected chi connectivity index (χ4v) is 5.78. The molecule has 2 saturated carbocycles. The highest BCUT2D eigenvalue weighted by molar-refractivity contribution is 7.89. The first-order valence-electron chi connectivity index (χ1n) is 7.70. The van der Waals surface area contributed by atoms with Gasteiger partial charge in [-0.15, -0.1) is 0 Å². The first kappa shape index (κ1) is 16.9. The normalized spacial score (nSPS) is 32.9. The van der Waals surface area contributed by atoms with Crippen LogP contribution in [0.5, 0.6) is 0 Å². The third-order valence-corrected chi connectivity index (χ3v) is 7.34. The molecule has 5 nitrogen and oxygen atoms in total. The second kappa shape index (κ2) is 5.32. The first-order chi connectivity index (χ1) is 9.52. The second-order valence-corrected chi connectivity index (χ2v) is 9.39. The fourth-order valence-electron chi connectivity index (χ4n) is 3.93. The number of hydrogen-bond donors (Lipinski definition) is 2. The summed E-state index contributed by atoms with van der Waals surface area (Å²) < 4.78 is 27.2. The molecule has 0 aromatic heterocycles. The van der Waals surface area contributed by atoms with Crippen LogP contribution in [-0.4, -0.2) is 37.7 Å². The Morgan fingerprint density at radius 3 is 2.43 bits per heavy atom. The van der Waals surface area contributed by atoms with E-state index >= 15 is 0 Å². The van der Waals surface area contributed by atoms with Crippen molar-refractivity contribution in [3.8, 4) is 0 Å². The number of Topliss-reactive ketones (excluding diaryl/α,β-unsaturated/α-hetero) is 1. The van der Waals surface area contributed by atoms with E-state index in [1.165, 1.54) is 0 Å². The molecule has 21 heavy (non-hydrogen) atoms. The lowest BCUT2D eigenvalue weighted by atomic mass is 9.70. The van der Waals surface area contributed by atoms with E-state index in [9.17, 15) is 18.3 Å². The molecule has 0 heterocycles. The molecule has 0 radical (unpaired) electrons. The molecule has 3 unspecified atom stereocenters. The maximum absolute atomic E-state index is 12.4. The van der Waals surface area contributed by atoms with Gasteiger partial charge in [-0.2, -0.15) is 0 Å². The van der Waals surface area contributed by atoms with Crippen molar-refractivity contribution in [3.05, 3.63) is 0 Å². The molecule has 122 valence electrons. The molecular formula is C15H27NO4S. The van der Waals surface area contributed by atoms with E-state index in [-0.39, 0.29) is 29.4 Å². The van der Waals surface area contributed by atoms with Gasteiger partial charge in [0.05, 0.1) is 11.9 Å². The van der Waals surface area contributed by atoms with Crippen LogP contribution in [0.3, 0.4) is 0 Å². The van der Waals surface area contributed by atoms with Crippen LogP contribution in [0.1, 0.15) is 47.0 Å². The number of hydrogen-bond acceptors (Lipinski definition) is 4. The van der Waals surface area contributed by atoms with Crippen molar-refractivity contribution >= 4 is 15.8 Å². The number of aliphatic hydroxyl groups excluding tert-OH is 1. The molecule has 0 amide bonds. The van der Waals surface area contributed by atoms with Crippen molar-refractivity contribution in [1.82, 2.24) is 4.72 Å². The lowest BCUT2D eigenvalue weighted by Crippen LogP contribution is -2.46. The molecule has 0 aromatic carbocycles. The highest BCUT2D eigenvalue weighted by Crippen LogP contribution is 2.64. The third kappa shape index (κ3) is 2.78. The summed E-state index contributed by atoms with van der Waals surface area (Å²) in [5, 5.41) is 9.74. The summed E-state index contributed by atoms with van der Waals surface area (Å²) in [6.07, 6.45) is 1.40. The standard InChI is InChI=1S/C15H27NO4S/c1-10(2)12(17)8-16-21(19,20)9-15-6-5-11(7-13(15)18)14(15,3)4/h10-12,16-17H,5-9H2,1-4H3. The van der Waals surface area contributed by atoms with Crippen molar-refractivity contribution in [2.75, 3.05) is 12.3 Å². The minimum Gasteiger partial charge on any atom is -0.391 e. The zero-order valence-electron chi connectivity index (χ0n) is 13.3. The van der Waals surface area contributed by atoms with Crippen LogP contribution >= 0.6 is 0 Å². The smallest absolute Gasteiger partial charge is 0.212 e. The van der Waals surface area contributed by atoms with Crippen LogP contribution in [0.4, 0.5) is 0 Å². The van der Waals surface area contributed by atoms with Crippen LogP contribution < -0.4 is 4.72 Å². The summed E-state index contributed by atoms with van der Waals surface area (Å²) in [4.78, 5) is 12.4. The molecular weight excluding hydrogens is 290 g/mol. The van der Waals surface area contributed by atoms with Crippen LogP contribution in [0, 0.1) is 22.7 Å². The Hall–Kier alpha value is -0.460. The molecule has 2 bridgehead atoms. The lowest BCUT2D eigenvalue weighted by molar-refractivity contribution is -0.128. The van der Waals surface area contributed by atoms with E-state index < -0.39 is 21.5 Å². The van der Waals surface area contributed by atoms with E-state index in [1.54, 1.807) is 0 Å². The van der Waals surface area contributed by atoms with Crippen molar-refractivity contribution in [2.24, 2.45) is 22.7 Å². The van der Waals surface area contributed by atoms with Crippen molar-refractivity contribution in [1.29, 1.82) is 0 Å². The fraction of sp³-hybridized carbons (Fsp3) is 0.933. The SMILES string of the molecule is CC(C)C(O)CNS(=O)(=O)CC12CCC(CC1=O)C2(C)C. The lowest BCUT2D eigenvalue weighted by Gasteiger charge is -2.36. The van der Waals surface area contributed by atoms with Crippen LogP contribution in [0.15, 0.2) is 0 Å². The largest absolute Gasteiger partial charge is 0.391 e. The monoisotopic (exact) mass is 317 g/mol. The van der Waals surface area contributed by atoms with Crippen molar-refractivity contribution in [3.63, 3.8) is 0 Å². The van der Waals surface area contributed by atoms with Gasteiger partial charge in [0.15, 0.2) is 0 Å². The number of rotatable bonds is 6. The number of sulfonamides is 1. The summed E-state index contributed by atoms with van der Waals surface area (Å²) in [6, 6.07) is 0. The number of ketones is 1. The Morgan fingerprint density at radius 2 is 2.00 bits per heavy atom. The molecule has 2 rings (SSSR count). The second-order valence-electron chi connectivity index (χ2n) is 7.59. The minimum absolute atomic E-state index is 0.00806. The maximum atomic E-state index is 12.4. The molecule has 0 spiro atoms. The number of aliphatic hydroxyl groups is 1. The van der Waals surface area contributed by atoms with Crippen LogP contribution in [-0.2, 0) is 14.8 Å². The Labute approximate surface area is 127 Å². The summed E-state index contributed by atoms with van der Waals surface area (Å²) in [5.41, 5.74) is -0.998. The van der Waals surface area contributed by atoms with E-state index in [4.69, 9.17) is 0 Å². The summed E-state index contributed by atoms with van der Waals surface area (Å²) in [7, 11) is -3.57. The molecule has 0 aliphatic heterocycles. The average Bonchev–Trinajstić information content (AvgIpc) is 2.69. The molecule has 2 fully saturated rings. The maximum Gasteiger partial charge on any atom is 0.212 e. The van der Waals surface area contributed by atoms with Crippen LogP contribution in [0.2, 0.25) is 0 Å². The highest BCUT2D eigenvalue weighted by Gasteiger charge is 2.65. The zero-order valence-corrected chi connectivity index (χ0v) is 14.2. The van der Waals surface area contributed by atoms with E-state index in [1.807, 2.05) is 27.7 Å². The molecule has 0 aromatic rings. The molecule has 6 heteroatoms. The van der Waals surface area contributed by atoms with Crippen molar-refractivity contribution < 1.29 is 18.3 Å². The van der Waals surface area contributed by atoms with Gasteiger partial charge < -0.3 is 5.11 Å². The molecule has 2 aliphatic rings. The Morgan fingerprint density at radius 1 is 1.38 bits per heavy atom. The van der Waals surface area contributed by atoms with Gasteiger partial charge in [0, 0.05) is 18.4 Å². The number of carbonyl (C=O) groups excluding carboxylic acids is 1. The topological polar surface area (TPSA) is 83.5 Å². The van der Waals surface area contributed by atoms with Crippen LogP contribution in [0.25, 0.3) is 0 Å². The van der Waals surface area contributed by atoms with Gasteiger partial charge in [0.1, 0.15) is 5.78 Å². The van der Waals surface area contributed by atoms with Gasteiger partial charge in [0.25, 0.3) is 0 Å². The van der Waals surface area contributed by atoms with E-state index in [2.05, 4.69) is 4.72 Å². The molecule has 2 N–H and O–H groups in total. The zero-order chi connectivity index (χ0) is 16.1. The predicted octanol–water partition coefficient (Wildman–Crippen LogP) is 1.32. The number of fused-ring (bicyclic) bond motifs is 2. The number of nitrogens with one attached hydrogen (secondary N) is 1. The predicted molar refractivity (Wildman–Crippen MR) is 81.2 cm³/mol. The molecule has 2 aliphatic carbocycles. The van der Waals surface area contributed by atoms with Gasteiger partial charge in [0.2, 0.25) is 10.0 Å². The van der Waals surface area contributed by atoms with E-state index in [0.717, 1.165) is 6.42 Å². The molecule has 0 saturated heterocycles. The van der Waals surface area contributed by atoms with Gasteiger partial charge >= 0.3 is 0 Å². The molecule has 3 atom stereocenters. The van der Waals surface area contributed by atoms with Gasteiger partial charge in [-0.1, -0.05) is 27.7 Å². The van der Waals surface area contributed by atoms with E-state index in [0.29, 0.717) is 18.8 Å². The minimum atomic E-state index is -3.57. The summed E-state index contributed by atoms with van der Waals surface area (Å²) >= 11 is 0. The Bertz CT molecular complexity index is 526. The van der Waals surface area contributed by atoms with Crippen molar-refractivity contribution in [2.45, 2.75) is 53.1 Å². The Balaban J connectivity index is 2.11. The quantitative estimate of drug-likeness (QED) is 0.774. The average molecular weight is 317 g/mol. The summed E-state index contributed by atoms with van der Waals surface area (Å²) in [6.45, 7) is 7.72.